The van der Waals surface area contributed by atoms with Gasteiger partial charge < -0.3 is 10.4 Å². The van der Waals surface area contributed by atoms with E-state index in [1.807, 2.05) is 13.2 Å². The molecule has 0 saturated heterocycles. The Hall–Kier alpha value is -1.65. The highest BCUT2D eigenvalue weighted by Crippen LogP contribution is 2.21. The molecular weight excluding hydrogens is 250 g/mol. The number of aryl methyl sites for hydroxylation is 2. The third-order valence-electron chi connectivity index (χ3n) is 3.62. The molecule has 2 atom stereocenters. The zero-order valence-electron chi connectivity index (χ0n) is 12.6. The van der Waals surface area contributed by atoms with Crippen LogP contribution in [-0.4, -0.2) is 21.4 Å². The average molecular weight is 273 g/mol. The van der Waals surface area contributed by atoms with Gasteiger partial charge in [0.2, 0.25) is 0 Å². The van der Waals surface area contributed by atoms with E-state index in [9.17, 15) is 5.11 Å². The number of hydrogen-bond acceptors (Lipinski definition) is 3. The molecule has 0 amide bonds. The molecule has 0 spiro atoms. The fourth-order valence-corrected chi connectivity index (χ4v) is 2.21. The SMILES string of the molecule is Cc1cccc(C(C)NCC(C)(O)c2cnn(C)c2)c1. The maximum Gasteiger partial charge on any atom is 0.102 e. The maximum absolute atomic E-state index is 10.5. The van der Waals surface area contributed by atoms with E-state index in [0.717, 1.165) is 5.56 Å². The standard InChI is InChI=1S/C16H23N3O/c1-12-6-5-7-14(8-12)13(2)17-11-16(3,20)15-9-18-19(4)10-15/h5-10,13,17,20H,11H2,1-4H3. The molecule has 0 aliphatic heterocycles. The molecule has 0 saturated carbocycles. The van der Waals surface area contributed by atoms with E-state index < -0.39 is 5.60 Å². The van der Waals surface area contributed by atoms with Gasteiger partial charge in [0.15, 0.2) is 0 Å². The summed E-state index contributed by atoms with van der Waals surface area (Å²) in [6, 6.07) is 8.60. The Morgan fingerprint density at radius 3 is 2.80 bits per heavy atom. The Morgan fingerprint density at radius 2 is 2.20 bits per heavy atom. The second-order valence-corrected chi connectivity index (χ2v) is 5.69. The van der Waals surface area contributed by atoms with Crippen LogP contribution < -0.4 is 5.32 Å². The summed E-state index contributed by atoms with van der Waals surface area (Å²) in [7, 11) is 1.85. The van der Waals surface area contributed by atoms with Gasteiger partial charge in [-0.25, -0.2) is 0 Å². The van der Waals surface area contributed by atoms with E-state index in [4.69, 9.17) is 0 Å². The molecule has 2 unspecified atom stereocenters. The van der Waals surface area contributed by atoms with Crippen molar-refractivity contribution in [1.29, 1.82) is 0 Å². The summed E-state index contributed by atoms with van der Waals surface area (Å²) < 4.78 is 1.70. The molecule has 1 aromatic heterocycles. The van der Waals surface area contributed by atoms with Crippen LogP contribution in [0.25, 0.3) is 0 Å². The Bertz CT molecular complexity index is 575. The van der Waals surface area contributed by atoms with Crippen LogP contribution in [0, 0.1) is 6.92 Å². The number of rotatable bonds is 5. The van der Waals surface area contributed by atoms with E-state index in [1.165, 1.54) is 11.1 Å². The summed E-state index contributed by atoms with van der Waals surface area (Å²) in [6.07, 6.45) is 3.55. The summed E-state index contributed by atoms with van der Waals surface area (Å²) in [4.78, 5) is 0. The monoisotopic (exact) mass is 273 g/mol. The summed E-state index contributed by atoms with van der Waals surface area (Å²) in [6.45, 7) is 6.48. The number of nitrogens with one attached hydrogen (secondary N) is 1. The first kappa shape index (κ1) is 14.8. The van der Waals surface area contributed by atoms with Crippen molar-refractivity contribution in [1.82, 2.24) is 15.1 Å². The minimum atomic E-state index is -0.924. The van der Waals surface area contributed by atoms with Crippen molar-refractivity contribution in [2.24, 2.45) is 7.05 Å². The fraction of sp³-hybridized carbons (Fsp3) is 0.438. The molecule has 0 fully saturated rings. The zero-order valence-corrected chi connectivity index (χ0v) is 12.6. The summed E-state index contributed by atoms with van der Waals surface area (Å²) in [5, 5.41) is 18.0. The normalized spacial score (nSPS) is 15.8. The molecule has 20 heavy (non-hydrogen) atoms. The average Bonchev–Trinajstić information content (AvgIpc) is 2.83. The quantitative estimate of drug-likeness (QED) is 0.879. The lowest BCUT2D eigenvalue weighted by Crippen LogP contribution is -2.36. The van der Waals surface area contributed by atoms with Gasteiger partial charge in [0.1, 0.15) is 5.60 Å². The van der Waals surface area contributed by atoms with Gasteiger partial charge in [0, 0.05) is 31.4 Å². The minimum absolute atomic E-state index is 0.193. The van der Waals surface area contributed by atoms with Crippen molar-refractivity contribution in [3.05, 3.63) is 53.3 Å². The minimum Gasteiger partial charge on any atom is -0.384 e. The Kier molecular flexibility index (Phi) is 4.26. The lowest BCUT2D eigenvalue weighted by Gasteiger charge is -2.25. The molecule has 1 aromatic carbocycles. The molecule has 0 aliphatic carbocycles. The number of nitrogens with zero attached hydrogens (tertiary/aromatic N) is 2. The van der Waals surface area contributed by atoms with Crippen LogP contribution >= 0.6 is 0 Å². The van der Waals surface area contributed by atoms with Crippen molar-refractivity contribution in [2.45, 2.75) is 32.4 Å². The van der Waals surface area contributed by atoms with Crippen molar-refractivity contribution in [3.8, 4) is 0 Å². The van der Waals surface area contributed by atoms with Crippen LogP contribution in [0.4, 0.5) is 0 Å². The molecule has 4 heteroatoms. The third kappa shape index (κ3) is 3.46. The first-order valence-corrected chi connectivity index (χ1v) is 6.90. The number of aromatic nitrogens is 2. The van der Waals surface area contributed by atoms with Gasteiger partial charge in [-0.3, -0.25) is 4.68 Å². The maximum atomic E-state index is 10.5. The Balaban J connectivity index is 2.01. The van der Waals surface area contributed by atoms with Gasteiger partial charge in [-0.15, -0.1) is 0 Å². The first-order chi connectivity index (χ1) is 9.38. The topological polar surface area (TPSA) is 50.1 Å². The highest BCUT2D eigenvalue weighted by atomic mass is 16.3. The predicted molar refractivity (Wildman–Crippen MR) is 80.4 cm³/mol. The number of benzene rings is 1. The van der Waals surface area contributed by atoms with Crippen LogP contribution in [0.1, 0.15) is 36.6 Å². The van der Waals surface area contributed by atoms with Crippen LogP contribution in [0.5, 0.6) is 0 Å². The van der Waals surface area contributed by atoms with Gasteiger partial charge in [-0.05, 0) is 26.3 Å². The van der Waals surface area contributed by atoms with Crippen molar-refractivity contribution in [3.63, 3.8) is 0 Å². The van der Waals surface area contributed by atoms with Crippen LogP contribution in [0.15, 0.2) is 36.7 Å². The highest BCUT2D eigenvalue weighted by Gasteiger charge is 2.25. The molecule has 4 nitrogen and oxygen atoms in total. The lowest BCUT2D eigenvalue weighted by atomic mass is 9.98. The van der Waals surface area contributed by atoms with Crippen LogP contribution in [0.3, 0.4) is 0 Å². The zero-order chi connectivity index (χ0) is 14.8. The largest absolute Gasteiger partial charge is 0.384 e. The Labute approximate surface area is 120 Å². The highest BCUT2D eigenvalue weighted by molar-refractivity contribution is 5.25. The molecule has 0 aliphatic rings. The third-order valence-corrected chi connectivity index (χ3v) is 3.62. The summed E-state index contributed by atoms with van der Waals surface area (Å²) in [5.74, 6) is 0. The van der Waals surface area contributed by atoms with Gasteiger partial charge in [-0.1, -0.05) is 29.8 Å². The smallest absolute Gasteiger partial charge is 0.102 e. The first-order valence-electron chi connectivity index (χ1n) is 6.90. The van der Waals surface area contributed by atoms with Crippen molar-refractivity contribution >= 4 is 0 Å². The van der Waals surface area contributed by atoms with Crippen molar-refractivity contribution in [2.75, 3.05) is 6.54 Å². The van der Waals surface area contributed by atoms with Crippen LogP contribution in [-0.2, 0) is 12.6 Å². The van der Waals surface area contributed by atoms with E-state index in [0.29, 0.717) is 6.54 Å². The molecule has 2 aromatic rings. The predicted octanol–water partition coefficient (Wildman–Crippen LogP) is 2.29. The molecule has 0 radical (unpaired) electrons. The van der Waals surface area contributed by atoms with E-state index >= 15 is 0 Å². The van der Waals surface area contributed by atoms with Crippen molar-refractivity contribution < 1.29 is 5.11 Å². The second-order valence-electron chi connectivity index (χ2n) is 5.69. The van der Waals surface area contributed by atoms with Gasteiger partial charge in [-0.2, -0.15) is 5.10 Å². The molecular formula is C16H23N3O. The number of aliphatic hydroxyl groups is 1. The molecule has 2 N–H and O–H groups in total. The van der Waals surface area contributed by atoms with E-state index in [-0.39, 0.29) is 6.04 Å². The summed E-state index contributed by atoms with van der Waals surface area (Å²) in [5.41, 5.74) is 2.37. The Morgan fingerprint density at radius 1 is 1.45 bits per heavy atom. The van der Waals surface area contributed by atoms with E-state index in [2.05, 4.69) is 48.5 Å². The second kappa shape index (κ2) is 5.77. The van der Waals surface area contributed by atoms with E-state index in [1.54, 1.807) is 17.8 Å². The number of hydrogen-bond donors (Lipinski definition) is 2. The van der Waals surface area contributed by atoms with Gasteiger partial charge in [0.25, 0.3) is 0 Å². The fourth-order valence-electron chi connectivity index (χ4n) is 2.21. The van der Waals surface area contributed by atoms with Crippen LogP contribution in [0.2, 0.25) is 0 Å². The molecule has 108 valence electrons. The van der Waals surface area contributed by atoms with Gasteiger partial charge in [0.05, 0.1) is 6.20 Å². The molecule has 1 heterocycles. The lowest BCUT2D eigenvalue weighted by molar-refractivity contribution is 0.0543. The summed E-state index contributed by atoms with van der Waals surface area (Å²) >= 11 is 0. The molecule has 0 bridgehead atoms. The van der Waals surface area contributed by atoms with Gasteiger partial charge >= 0.3 is 0 Å². The molecule has 2 rings (SSSR count).